The summed E-state index contributed by atoms with van der Waals surface area (Å²) in [4.78, 5) is 41.9. The minimum atomic E-state index is -0.857. The zero-order valence-corrected chi connectivity index (χ0v) is 21.7. The number of hydrogen-bond acceptors (Lipinski definition) is 8. The summed E-state index contributed by atoms with van der Waals surface area (Å²) in [5.74, 6) is 0.920. The zero-order valence-electron chi connectivity index (χ0n) is 21.7. The Hall–Kier alpha value is -3.20. The molecule has 3 saturated heterocycles. The van der Waals surface area contributed by atoms with Crippen LogP contribution in [0.15, 0.2) is 30.5 Å². The second kappa shape index (κ2) is 8.93. The van der Waals surface area contributed by atoms with E-state index >= 15 is 0 Å². The highest BCUT2D eigenvalue weighted by Gasteiger charge is 2.58. The van der Waals surface area contributed by atoms with E-state index in [-0.39, 0.29) is 31.7 Å². The van der Waals surface area contributed by atoms with Gasteiger partial charge in [0.2, 0.25) is 11.9 Å². The first-order valence-corrected chi connectivity index (χ1v) is 13.7. The second-order valence-corrected chi connectivity index (χ2v) is 12.1. The maximum Gasteiger partial charge on any atom is 0.253 e. The lowest BCUT2D eigenvalue weighted by molar-refractivity contribution is -0.126. The Morgan fingerprint density at radius 1 is 1.03 bits per heavy atom. The van der Waals surface area contributed by atoms with Crippen molar-refractivity contribution < 1.29 is 9.59 Å². The van der Waals surface area contributed by atoms with Crippen molar-refractivity contribution in [2.75, 3.05) is 41.3 Å². The second-order valence-electron chi connectivity index (χ2n) is 12.1. The van der Waals surface area contributed by atoms with Crippen LogP contribution in [0.2, 0.25) is 0 Å². The quantitative estimate of drug-likeness (QED) is 0.583. The average Bonchev–Trinajstić information content (AvgIpc) is 3.50. The van der Waals surface area contributed by atoms with Gasteiger partial charge in [-0.15, -0.1) is 0 Å². The minimum Gasteiger partial charge on any atom is -0.370 e. The molecular formula is C29H39N7O2. The van der Waals surface area contributed by atoms with Crippen molar-refractivity contribution in [1.29, 1.82) is 0 Å². The predicted octanol–water partition coefficient (Wildman–Crippen LogP) is 3.48. The van der Waals surface area contributed by atoms with Gasteiger partial charge in [0.25, 0.3) is 5.91 Å². The van der Waals surface area contributed by atoms with E-state index in [1.807, 2.05) is 6.20 Å². The summed E-state index contributed by atoms with van der Waals surface area (Å²) in [6.07, 6.45) is 6.81. The molecule has 1 aromatic heterocycles. The van der Waals surface area contributed by atoms with Crippen molar-refractivity contribution in [3.8, 4) is 0 Å². The lowest BCUT2D eigenvalue weighted by Gasteiger charge is -2.62. The van der Waals surface area contributed by atoms with Gasteiger partial charge in [-0.2, -0.15) is 4.98 Å². The molecule has 4 aliphatic heterocycles. The Kier molecular flexibility index (Phi) is 5.90. The number of nitrogens with one attached hydrogen (secondary N) is 2. The molecule has 1 saturated carbocycles. The molecule has 5 heterocycles. The number of anilines is 4. The third-order valence-corrected chi connectivity index (χ3v) is 9.18. The number of likely N-dealkylation sites (tertiary alicyclic amines) is 1. The first-order valence-electron chi connectivity index (χ1n) is 13.7. The lowest BCUT2D eigenvalue weighted by Crippen LogP contribution is -2.73. The lowest BCUT2D eigenvalue weighted by atomic mass is 9.72. The maximum absolute atomic E-state index is 13.0. The number of carbonyl (C=O) groups excluding carboxylic acids is 2. The van der Waals surface area contributed by atoms with Crippen LogP contribution in [0.4, 0.5) is 23.1 Å². The monoisotopic (exact) mass is 517 g/mol. The predicted molar refractivity (Wildman–Crippen MR) is 149 cm³/mol. The molecule has 9 nitrogen and oxygen atoms in total. The maximum atomic E-state index is 13.0. The number of carbonyl (C=O) groups is 2. The van der Waals surface area contributed by atoms with Gasteiger partial charge >= 0.3 is 0 Å². The van der Waals surface area contributed by atoms with E-state index < -0.39 is 5.54 Å². The van der Waals surface area contributed by atoms with E-state index in [1.54, 1.807) is 0 Å². The number of aromatic nitrogens is 2. The summed E-state index contributed by atoms with van der Waals surface area (Å²) < 4.78 is 0. The van der Waals surface area contributed by atoms with Crippen LogP contribution in [0.1, 0.15) is 58.9 Å². The highest BCUT2D eigenvalue weighted by molar-refractivity contribution is 6.11. The molecule has 2 spiro atoms. The fraction of sp³-hybridized carbons (Fsp3) is 0.586. The molecule has 38 heavy (non-hydrogen) atoms. The number of fused-ring (bicyclic) bond motifs is 1. The van der Waals surface area contributed by atoms with Crippen LogP contribution in [0.5, 0.6) is 0 Å². The molecule has 9 heteroatoms. The van der Waals surface area contributed by atoms with Crippen LogP contribution in [0.25, 0.3) is 0 Å². The Morgan fingerprint density at radius 3 is 2.37 bits per heavy atom. The van der Waals surface area contributed by atoms with Crippen molar-refractivity contribution in [1.82, 2.24) is 20.2 Å². The molecule has 2 aromatic rings. The molecule has 1 unspecified atom stereocenters. The molecule has 1 aromatic carbocycles. The topological polar surface area (TPSA) is 93.7 Å². The standard InChI is InChI=1S/C28H35N7O2.CH4/c1-18(2)33-14-27(15-33)16-34(17-27)21-9-7-20(8-10-21)30-26-29-13-19-11-28(12-23(36)31-25(28)37)35(24(19)32-26)22-5-3-4-6-22;/h7-10,13,18,22H,3-6,11-12,14-17H2,1-2H3,(H,29,30,32)(H,31,36,37);1H4. The fourth-order valence-corrected chi connectivity index (χ4v) is 7.26. The van der Waals surface area contributed by atoms with Crippen LogP contribution in [-0.4, -0.2) is 70.5 Å². The van der Waals surface area contributed by atoms with Crippen molar-refractivity contribution in [2.45, 2.75) is 77.4 Å². The van der Waals surface area contributed by atoms with Gasteiger partial charge in [0, 0.05) is 73.2 Å². The average molecular weight is 518 g/mol. The van der Waals surface area contributed by atoms with E-state index in [9.17, 15) is 9.59 Å². The number of amides is 2. The Morgan fingerprint density at radius 2 is 1.74 bits per heavy atom. The first kappa shape index (κ1) is 25.1. The Balaban J connectivity index is 0.00000264. The first-order chi connectivity index (χ1) is 17.8. The van der Waals surface area contributed by atoms with Crippen LogP contribution in [-0.2, 0) is 16.0 Å². The number of nitrogens with zero attached hydrogens (tertiary/aromatic N) is 5. The van der Waals surface area contributed by atoms with E-state index in [0.29, 0.717) is 23.8 Å². The molecular weight excluding hydrogens is 478 g/mol. The van der Waals surface area contributed by atoms with Crippen molar-refractivity contribution in [3.05, 3.63) is 36.0 Å². The molecule has 1 atom stereocenters. The zero-order chi connectivity index (χ0) is 25.4. The van der Waals surface area contributed by atoms with Crippen LogP contribution < -0.4 is 20.4 Å². The van der Waals surface area contributed by atoms with E-state index in [0.717, 1.165) is 55.8 Å². The van der Waals surface area contributed by atoms with Gasteiger partial charge in [-0.05, 0) is 51.0 Å². The Labute approximate surface area is 225 Å². The van der Waals surface area contributed by atoms with Gasteiger partial charge in [-0.25, -0.2) is 4.98 Å². The minimum absolute atomic E-state index is 0. The van der Waals surface area contributed by atoms with Gasteiger partial charge < -0.3 is 15.1 Å². The van der Waals surface area contributed by atoms with Crippen molar-refractivity contribution >= 4 is 35.0 Å². The van der Waals surface area contributed by atoms with Crippen molar-refractivity contribution in [2.24, 2.45) is 5.41 Å². The van der Waals surface area contributed by atoms with Gasteiger partial charge in [-0.1, -0.05) is 20.3 Å². The highest BCUT2D eigenvalue weighted by atomic mass is 16.2. The van der Waals surface area contributed by atoms with Crippen LogP contribution in [0.3, 0.4) is 0 Å². The molecule has 202 valence electrons. The number of benzene rings is 1. The molecule has 4 fully saturated rings. The Bertz CT molecular complexity index is 1240. The number of rotatable bonds is 5. The van der Waals surface area contributed by atoms with E-state index in [1.165, 1.54) is 18.8 Å². The smallest absolute Gasteiger partial charge is 0.253 e. The number of imide groups is 1. The summed E-state index contributed by atoms with van der Waals surface area (Å²) in [5.41, 5.74) is 2.76. The molecule has 5 aliphatic rings. The third kappa shape index (κ3) is 3.85. The SMILES string of the molecule is C.CC(C)N1CC2(CN(c3ccc(Nc4ncc5c(n4)N(C4CCCC4)C4(CC(=O)NC4=O)C5)cc3)C2)C1. The molecule has 2 amide bonds. The summed E-state index contributed by atoms with van der Waals surface area (Å²) in [5, 5.41) is 5.91. The summed E-state index contributed by atoms with van der Waals surface area (Å²) >= 11 is 0. The fourth-order valence-electron chi connectivity index (χ4n) is 7.26. The normalized spacial score (nSPS) is 26.0. The summed E-state index contributed by atoms with van der Waals surface area (Å²) in [6, 6.07) is 9.35. The van der Waals surface area contributed by atoms with E-state index in [2.05, 4.69) is 68.4 Å². The number of hydrogen-bond donors (Lipinski definition) is 2. The summed E-state index contributed by atoms with van der Waals surface area (Å²) in [6.45, 7) is 9.24. The van der Waals surface area contributed by atoms with Gasteiger partial charge in [0.1, 0.15) is 11.4 Å². The molecule has 0 bridgehead atoms. The molecule has 7 rings (SSSR count). The molecule has 0 radical (unpaired) electrons. The highest BCUT2D eigenvalue weighted by Crippen LogP contribution is 2.46. The van der Waals surface area contributed by atoms with Crippen LogP contribution in [0, 0.1) is 5.41 Å². The van der Waals surface area contributed by atoms with Crippen molar-refractivity contribution in [3.63, 3.8) is 0 Å². The summed E-state index contributed by atoms with van der Waals surface area (Å²) in [7, 11) is 0. The van der Waals surface area contributed by atoms with E-state index in [4.69, 9.17) is 4.98 Å². The third-order valence-electron chi connectivity index (χ3n) is 9.18. The molecule has 1 aliphatic carbocycles. The van der Waals surface area contributed by atoms with Gasteiger partial charge in [0.15, 0.2) is 0 Å². The largest absolute Gasteiger partial charge is 0.370 e. The van der Waals surface area contributed by atoms with Gasteiger partial charge in [0.05, 0.1) is 6.42 Å². The van der Waals surface area contributed by atoms with Gasteiger partial charge in [-0.3, -0.25) is 19.8 Å². The van der Waals surface area contributed by atoms with Crippen LogP contribution >= 0.6 is 0 Å². The molecule has 2 N–H and O–H groups in total.